The highest BCUT2D eigenvalue weighted by Crippen LogP contribution is 2.37. The van der Waals surface area contributed by atoms with E-state index < -0.39 is 50.9 Å². The molecule has 0 aromatic heterocycles. The van der Waals surface area contributed by atoms with Crippen molar-refractivity contribution in [3.05, 3.63) is 34.9 Å². The average molecular weight is 527 g/mol. The molecule has 0 fully saturated rings. The third-order valence-electron chi connectivity index (χ3n) is 6.19. The fourth-order valence-electron chi connectivity index (χ4n) is 3.10. The van der Waals surface area contributed by atoms with Gasteiger partial charge >= 0.3 is 18.0 Å². The molecule has 2 amide bonds. The van der Waals surface area contributed by atoms with E-state index >= 15 is 0 Å². The van der Waals surface area contributed by atoms with Gasteiger partial charge in [0.1, 0.15) is 12.6 Å². The molecule has 0 spiro atoms. The van der Waals surface area contributed by atoms with E-state index in [0.29, 0.717) is 27.5 Å². The number of hydrogen-bond donors (Lipinski definition) is 2. The number of nitrogens with zero attached hydrogens (tertiary/aromatic N) is 1. The van der Waals surface area contributed by atoms with Gasteiger partial charge in [-0.2, -0.15) is 16.8 Å². The van der Waals surface area contributed by atoms with Gasteiger partial charge in [-0.3, -0.25) is 4.79 Å². The third-order valence-corrected chi connectivity index (χ3v) is 11.5. The van der Waals surface area contributed by atoms with E-state index in [1.807, 2.05) is 39.9 Å². The number of carbonyl (C=O) groups excluding carboxylic acids is 3. The minimum absolute atomic E-state index is 0.156. The number of cyclic esters (lactones) is 1. The maximum atomic E-state index is 13.3. The van der Waals surface area contributed by atoms with Gasteiger partial charge in [-0.05, 0) is 36.2 Å². The number of rotatable bonds is 4. The van der Waals surface area contributed by atoms with Gasteiger partial charge in [0.2, 0.25) is 14.2 Å². The van der Waals surface area contributed by atoms with Gasteiger partial charge in [0.15, 0.2) is 6.04 Å². The quantitative estimate of drug-likeness (QED) is 0.344. The number of amides is 2. The lowest BCUT2D eigenvalue weighted by Crippen LogP contribution is -2.59. The number of ether oxygens (including phenoxy) is 2. The Morgan fingerprint density at radius 1 is 1.26 bits per heavy atom. The summed E-state index contributed by atoms with van der Waals surface area (Å²) in [7, 11) is -1.51. The second-order valence-electron chi connectivity index (χ2n) is 9.78. The molecule has 0 saturated carbocycles. The molecule has 0 radical (unpaired) electrons. The molecule has 12 heteroatoms. The van der Waals surface area contributed by atoms with E-state index in [2.05, 4.69) is 5.32 Å². The Labute approximate surface area is 210 Å². The van der Waals surface area contributed by atoms with Crippen LogP contribution >= 0.6 is 11.8 Å². The first-order valence-corrected chi connectivity index (χ1v) is 15.2. The zero-order valence-electron chi connectivity index (χ0n) is 21.2. The smallest absolute Gasteiger partial charge is 0.431 e. The molecule has 0 bridgehead atoms. The van der Waals surface area contributed by atoms with Gasteiger partial charge < -0.3 is 24.4 Å². The molecule has 1 heterocycles. The Kier molecular flexibility index (Phi) is 9.37. The molecule has 2 unspecified atom stereocenters. The Hall–Kier alpha value is -2.57. The van der Waals surface area contributed by atoms with Crippen LogP contribution in [-0.4, -0.2) is 74.0 Å². The van der Waals surface area contributed by atoms with Crippen LogP contribution in [0.4, 0.5) is 4.79 Å². The van der Waals surface area contributed by atoms with E-state index in [0.717, 1.165) is 0 Å². The molecule has 10 nitrogen and oxygen atoms in total. The van der Waals surface area contributed by atoms with Gasteiger partial charge in [-0.15, -0.1) is 0 Å². The van der Waals surface area contributed by atoms with Crippen LogP contribution in [0.5, 0.6) is 0 Å². The molecule has 2 N–H and O–H groups in total. The number of carboxylic acid groups (broad SMARTS) is 1. The monoisotopic (exact) mass is 526 g/mol. The maximum Gasteiger partial charge on any atom is 0.431 e. The third kappa shape index (κ3) is 6.98. The minimum atomic E-state index is -2.71. The molecule has 2 rings (SSSR count). The summed E-state index contributed by atoms with van der Waals surface area (Å²) >= 11 is 1.33. The number of carbonyl (C=O) groups is 4. The lowest BCUT2D eigenvalue weighted by molar-refractivity contribution is -0.150. The first-order valence-electron chi connectivity index (χ1n) is 11.1. The number of aryl methyl sites for hydroxylation is 1. The molecule has 1 aliphatic rings. The lowest BCUT2D eigenvalue weighted by Gasteiger charge is -2.40. The molecule has 194 valence electrons. The molecule has 0 aliphatic carbocycles. The summed E-state index contributed by atoms with van der Waals surface area (Å²) in [5.41, 5.74) is 1.74. The number of nitrogens with one attached hydrogen (secondary N) is 1. The lowest BCUT2D eigenvalue weighted by atomic mass is 10.0. The van der Waals surface area contributed by atoms with Crippen LogP contribution in [0.25, 0.3) is 0 Å². The van der Waals surface area contributed by atoms with Crippen molar-refractivity contribution in [3.8, 4) is 0 Å². The molecule has 1 aromatic rings. The van der Waals surface area contributed by atoms with Crippen molar-refractivity contribution in [2.75, 3.05) is 19.5 Å². The molecular weight excluding hydrogens is 492 g/mol. The number of benzene rings is 1. The first kappa shape index (κ1) is 28.7. The summed E-state index contributed by atoms with van der Waals surface area (Å²) in [5, 5.41) is 12.7. The topological polar surface area (TPSA) is 131 Å². The van der Waals surface area contributed by atoms with Crippen LogP contribution in [0.3, 0.4) is 0 Å². The van der Waals surface area contributed by atoms with Crippen LogP contribution in [0.2, 0.25) is 18.1 Å². The summed E-state index contributed by atoms with van der Waals surface area (Å²) in [6.45, 7) is 10.6. The summed E-state index contributed by atoms with van der Waals surface area (Å²) in [6, 6.07) is 2.79. The Morgan fingerprint density at radius 3 is 2.49 bits per heavy atom. The van der Waals surface area contributed by atoms with E-state index in [1.165, 1.54) is 18.9 Å². The van der Waals surface area contributed by atoms with Crippen molar-refractivity contribution in [1.82, 2.24) is 10.4 Å². The van der Waals surface area contributed by atoms with Crippen LogP contribution in [0.15, 0.2) is 18.2 Å². The highest BCUT2D eigenvalue weighted by molar-refractivity contribution is 7.98. The number of hydroxylamine groups is 2. The Morgan fingerprint density at radius 2 is 1.91 bits per heavy atom. The van der Waals surface area contributed by atoms with Crippen molar-refractivity contribution in [1.29, 1.82) is 0 Å². The predicted octanol–water partition coefficient (Wildman–Crippen LogP) is 3.34. The first-order chi connectivity index (χ1) is 16.2. The SMILES string of the molecule is COC(=O)C1CSCc2cccc(C)c2C(=O)OCC(N(O[Si](C)(C)C(C)(C)C)C(=O)O)C(=O)N1. The molecular formula is C23H34N2O8SSi. The van der Waals surface area contributed by atoms with E-state index in [-0.39, 0.29) is 10.8 Å². The molecule has 1 aliphatic heterocycles. The average Bonchev–Trinajstić information content (AvgIpc) is 2.75. The number of esters is 2. The number of methoxy groups -OCH3 is 1. The van der Waals surface area contributed by atoms with Crippen molar-refractivity contribution >= 4 is 44.0 Å². The van der Waals surface area contributed by atoms with Gasteiger partial charge in [0, 0.05) is 11.5 Å². The predicted molar refractivity (Wildman–Crippen MR) is 134 cm³/mol. The number of fused-ring (bicyclic) bond motifs is 1. The van der Waals surface area contributed by atoms with Crippen LogP contribution in [0, 0.1) is 6.92 Å². The van der Waals surface area contributed by atoms with Crippen LogP contribution in [-0.2, 0) is 29.3 Å². The van der Waals surface area contributed by atoms with Crippen molar-refractivity contribution in [2.45, 2.75) is 63.7 Å². The number of hydrogen-bond acceptors (Lipinski definition) is 8. The second-order valence-corrected chi connectivity index (χ2v) is 15.5. The molecule has 2 atom stereocenters. The van der Waals surface area contributed by atoms with Gasteiger partial charge in [-0.1, -0.05) is 39.0 Å². The van der Waals surface area contributed by atoms with E-state index in [4.69, 9.17) is 14.0 Å². The highest BCUT2D eigenvalue weighted by Gasteiger charge is 2.45. The summed E-state index contributed by atoms with van der Waals surface area (Å²) in [5.74, 6) is -1.62. The molecule has 35 heavy (non-hydrogen) atoms. The molecule has 0 saturated heterocycles. The fourth-order valence-corrected chi connectivity index (χ4v) is 5.11. The fraction of sp³-hybridized carbons (Fsp3) is 0.565. The zero-order chi connectivity index (χ0) is 26.6. The Bertz CT molecular complexity index is 979. The zero-order valence-corrected chi connectivity index (χ0v) is 23.0. The van der Waals surface area contributed by atoms with Crippen LogP contribution in [0.1, 0.15) is 42.3 Å². The Balaban J connectivity index is 2.51. The standard InChI is InChI=1S/C23H34N2O8SSi/c1-14-9-8-10-15-12-34-13-16(20(27)31-5)24-19(26)17(11-32-21(28)18(14)15)25(22(29)30)33-35(6,7)23(2,3)4/h8-10,16-17H,11-13H2,1-7H3,(H,24,26)(H,29,30). The summed E-state index contributed by atoms with van der Waals surface area (Å²) < 4.78 is 16.2. The molecule has 1 aromatic carbocycles. The normalized spacial score (nSPS) is 19.9. The second kappa shape index (κ2) is 11.4. The van der Waals surface area contributed by atoms with Gasteiger partial charge in [0.25, 0.3) is 0 Å². The summed E-state index contributed by atoms with van der Waals surface area (Å²) in [6.07, 6.45) is -1.52. The number of thioether (sulfide) groups is 1. The summed E-state index contributed by atoms with van der Waals surface area (Å²) in [4.78, 5) is 50.9. The van der Waals surface area contributed by atoms with Gasteiger partial charge in [-0.25, -0.2) is 14.4 Å². The van der Waals surface area contributed by atoms with E-state index in [1.54, 1.807) is 19.1 Å². The van der Waals surface area contributed by atoms with Gasteiger partial charge in [0.05, 0.1) is 12.7 Å². The van der Waals surface area contributed by atoms with Crippen molar-refractivity contribution in [3.63, 3.8) is 0 Å². The maximum absolute atomic E-state index is 13.3. The van der Waals surface area contributed by atoms with Crippen LogP contribution < -0.4 is 5.32 Å². The minimum Gasteiger partial charge on any atom is -0.467 e. The van der Waals surface area contributed by atoms with Crippen molar-refractivity contribution < 1.29 is 38.3 Å². The highest BCUT2D eigenvalue weighted by atomic mass is 32.2. The largest absolute Gasteiger partial charge is 0.467 e. The van der Waals surface area contributed by atoms with Crippen molar-refractivity contribution in [2.24, 2.45) is 0 Å². The van der Waals surface area contributed by atoms with E-state index in [9.17, 15) is 24.3 Å².